The van der Waals surface area contributed by atoms with E-state index in [4.69, 9.17) is 4.74 Å². The fraction of sp³-hybridized carbons (Fsp3) is 0.632. The van der Waals surface area contributed by atoms with Gasteiger partial charge in [-0.1, -0.05) is 6.07 Å². The number of nitrogens with one attached hydrogen (secondary N) is 1. The lowest BCUT2D eigenvalue weighted by Gasteiger charge is -2.38. The number of carbonyl (C=O) groups is 1. The number of hydrogen-bond donors (Lipinski definition) is 1. The maximum Gasteiger partial charge on any atom is 0.410 e. The molecule has 1 N–H and O–H groups in total. The molecule has 24 heavy (non-hydrogen) atoms. The lowest BCUT2D eigenvalue weighted by molar-refractivity contribution is 0.00852. The van der Waals surface area contributed by atoms with Crippen LogP contribution in [0.1, 0.15) is 53.4 Å². The Morgan fingerprint density at radius 1 is 1.42 bits per heavy atom. The van der Waals surface area contributed by atoms with Gasteiger partial charge in [-0.25, -0.2) is 9.18 Å². The monoisotopic (exact) mass is 336 g/mol. The molecule has 1 amide bonds. The van der Waals surface area contributed by atoms with Crippen molar-refractivity contribution in [3.8, 4) is 0 Å². The third-order valence-corrected chi connectivity index (χ3v) is 4.12. The van der Waals surface area contributed by atoms with Gasteiger partial charge in [-0.2, -0.15) is 0 Å². The van der Waals surface area contributed by atoms with Gasteiger partial charge in [-0.15, -0.1) is 0 Å². The molecular weight excluding hydrogens is 307 g/mol. The van der Waals surface area contributed by atoms with Gasteiger partial charge < -0.3 is 15.0 Å². The molecule has 2 atom stereocenters. The number of piperidine rings is 1. The Kier molecular flexibility index (Phi) is 6.08. The van der Waals surface area contributed by atoms with E-state index in [1.165, 1.54) is 12.1 Å². The van der Waals surface area contributed by atoms with Gasteiger partial charge in [0.15, 0.2) is 0 Å². The number of hydrogen-bond acceptors (Lipinski definition) is 3. The van der Waals surface area contributed by atoms with Crippen LogP contribution in [0, 0.1) is 5.82 Å². The predicted octanol–water partition coefficient (Wildman–Crippen LogP) is 4.81. The van der Waals surface area contributed by atoms with Crippen LogP contribution in [-0.2, 0) is 4.74 Å². The highest BCUT2D eigenvalue weighted by Crippen LogP contribution is 2.24. The normalized spacial score (nSPS) is 19.7. The molecule has 1 aliphatic heterocycles. The van der Waals surface area contributed by atoms with E-state index in [-0.39, 0.29) is 24.0 Å². The highest BCUT2D eigenvalue weighted by atomic mass is 19.1. The Morgan fingerprint density at radius 3 is 2.83 bits per heavy atom. The average Bonchev–Trinajstić information content (AvgIpc) is 2.45. The van der Waals surface area contributed by atoms with Crippen LogP contribution < -0.4 is 5.32 Å². The van der Waals surface area contributed by atoms with E-state index in [2.05, 4.69) is 12.2 Å². The summed E-state index contributed by atoms with van der Waals surface area (Å²) < 4.78 is 18.8. The van der Waals surface area contributed by atoms with E-state index in [1.54, 1.807) is 6.07 Å². The summed E-state index contributed by atoms with van der Waals surface area (Å²) in [5, 5.41) is 3.32. The average molecular weight is 336 g/mol. The number of likely N-dealkylation sites (tertiary alicyclic amines) is 1. The van der Waals surface area contributed by atoms with Crippen molar-refractivity contribution in [2.24, 2.45) is 0 Å². The fourth-order valence-corrected chi connectivity index (χ4v) is 3.14. The molecule has 1 aromatic carbocycles. The summed E-state index contributed by atoms with van der Waals surface area (Å²) >= 11 is 0. The Balaban J connectivity index is 1.96. The Hall–Kier alpha value is -1.78. The molecule has 1 heterocycles. The number of ether oxygens (including phenoxy) is 1. The molecule has 1 aliphatic rings. The molecule has 1 saturated heterocycles. The summed E-state index contributed by atoms with van der Waals surface area (Å²) in [7, 11) is 0. The second kappa shape index (κ2) is 7.86. The van der Waals surface area contributed by atoms with E-state index >= 15 is 0 Å². The zero-order valence-corrected chi connectivity index (χ0v) is 15.1. The summed E-state index contributed by atoms with van der Waals surface area (Å²) in [4.78, 5) is 14.3. The standard InChI is InChI=1S/C19H29FN2O2/c1-14(21-16-9-7-8-15(20)13-16)12-17-10-5-6-11-22(17)18(23)24-19(2,3)4/h7-9,13-14,17,21H,5-6,10-12H2,1-4H3. The highest BCUT2D eigenvalue weighted by Gasteiger charge is 2.31. The van der Waals surface area contributed by atoms with Crippen molar-refractivity contribution in [3.05, 3.63) is 30.1 Å². The van der Waals surface area contributed by atoms with Gasteiger partial charge in [0.25, 0.3) is 0 Å². The number of amides is 1. The third-order valence-electron chi connectivity index (χ3n) is 4.12. The number of anilines is 1. The van der Waals surface area contributed by atoms with Crippen molar-refractivity contribution in [2.45, 2.75) is 71.1 Å². The molecule has 0 saturated carbocycles. The highest BCUT2D eigenvalue weighted by molar-refractivity contribution is 5.68. The SMILES string of the molecule is CC(CC1CCCCN1C(=O)OC(C)(C)C)Nc1cccc(F)c1. The molecule has 1 aromatic rings. The number of benzene rings is 1. The molecule has 0 spiro atoms. The number of carbonyl (C=O) groups excluding carboxylic acids is 1. The second-order valence-corrected chi connectivity index (χ2v) is 7.61. The van der Waals surface area contributed by atoms with Crippen LogP contribution in [-0.4, -0.2) is 35.2 Å². The molecule has 0 aliphatic carbocycles. The number of halogens is 1. The van der Waals surface area contributed by atoms with Crippen LogP contribution in [0.3, 0.4) is 0 Å². The van der Waals surface area contributed by atoms with E-state index in [0.29, 0.717) is 0 Å². The van der Waals surface area contributed by atoms with Gasteiger partial charge in [0.05, 0.1) is 0 Å². The molecule has 0 aromatic heterocycles. The molecule has 134 valence electrons. The predicted molar refractivity (Wildman–Crippen MR) is 94.7 cm³/mol. The van der Waals surface area contributed by atoms with Gasteiger partial charge in [-0.05, 0) is 71.6 Å². The zero-order valence-electron chi connectivity index (χ0n) is 15.1. The summed E-state index contributed by atoms with van der Waals surface area (Å²) in [5.41, 5.74) is 0.284. The lowest BCUT2D eigenvalue weighted by Crippen LogP contribution is -2.47. The minimum atomic E-state index is -0.482. The minimum absolute atomic E-state index is 0.139. The quantitative estimate of drug-likeness (QED) is 0.858. The van der Waals surface area contributed by atoms with Gasteiger partial charge in [0, 0.05) is 24.3 Å². The van der Waals surface area contributed by atoms with Crippen molar-refractivity contribution in [1.82, 2.24) is 4.90 Å². The summed E-state index contributed by atoms with van der Waals surface area (Å²) in [5.74, 6) is -0.250. The maximum absolute atomic E-state index is 13.3. The summed E-state index contributed by atoms with van der Waals surface area (Å²) in [6.45, 7) is 8.47. The number of nitrogens with zero attached hydrogens (tertiary/aromatic N) is 1. The van der Waals surface area contributed by atoms with Crippen molar-refractivity contribution in [1.29, 1.82) is 0 Å². The number of rotatable bonds is 4. The molecular formula is C19H29FN2O2. The summed E-state index contributed by atoms with van der Waals surface area (Å²) in [6.07, 6.45) is 3.70. The molecule has 5 heteroatoms. The van der Waals surface area contributed by atoms with Gasteiger partial charge in [0.1, 0.15) is 11.4 Å². The first-order valence-corrected chi connectivity index (χ1v) is 8.76. The van der Waals surface area contributed by atoms with Gasteiger partial charge >= 0.3 is 6.09 Å². The molecule has 0 bridgehead atoms. The lowest BCUT2D eigenvalue weighted by atomic mass is 9.96. The van der Waals surface area contributed by atoms with Gasteiger partial charge in [-0.3, -0.25) is 0 Å². The molecule has 0 radical (unpaired) electrons. The van der Waals surface area contributed by atoms with Crippen molar-refractivity contribution in [2.75, 3.05) is 11.9 Å². The zero-order chi connectivity index (χ0) is 17.7. The second-order valence-electron chi connectivity index (χ2n) is 7.61. The largest absolute Gasteiger partial charge is 0.444 e. The third kappa shape index (κ3) is 5.69. The van der Waals surface area contributed by atoms with Crippen LogP contribution in [0.25, 0.3) is 0 Å². The molecule has 4 nitrogen and oxygen atoms in total. The maximum atomic E-state index is 13.3. The molecule has 2 rings (SSSR count). The topological polar surface area (TPSA) is 41.6 Å². The van der Waals surface area contributed by atoms with E-state index in [0.717, 1.165) is 37.9 Å². The fourth-order valence-electron chi connectivity index (χ4n) is 3.14. The van der Waals surface area contributed by atoms with Crippen molar-refractivity contribution < 1.29 is 13.9 Å². The Bertz CT molecular complexity index is 557. The first-order valence-electron chi connectivity index (χ1n) is 8.76. The van der Waals surface area contributed by atoms with Crippen LogP contribution in [0.2, 0.25) is 0 Å². The van der Waals surface area contributed by atoms with Gasteiger partial charge in [0.2, 0.25) is 0 Å². The first kappa shape index (κ1) is 18.6. The molecule has 1 fully saturated rings. The van der Waals surface area contributed by atoms with E-state index in [1.807, 2.05) is 31.7 Å². The first-order chi connectivity index (χ1) is 11.2. The van der Waals surface area contributed by atoms with Crippen molar-refractivity contribution in [3.63, 3.8) is 0 Å². The Morgan fingerprint density at radius 2 is 2.17 bits per heavy atom. The minimum Gasteiger partial charge on any atom is -0.444 e. The molecule has 2 unspecified atom stereocenters. The van der Waals surface area contributed by atoms with Crippen molar-refractivity contribution >= 4 is 11.8 Å². The van der Waals surface area contributed by atoms with E-state index < -0.39 is 5.60 Å². The van der Waals surface area contributed by atoms with Crippen LogP contribution >= 0.6 is 0 Å². The Labute approximate surface area is 144 Å². The van der Waals surface area contributed by atoms with E-state index in [9.17, 15) is 9.18 Å². The van der Waals surface area contributed by atoms with Crippen LogP contribution in [0.5, 0.6) is 0 Å². The smallest absolute Gasteiger partial charge is 0.410 e. The summed E-state index contributed by atoms with van der Waals surface area (Å²) in [6, 6.07) is 6.76. The van der Waals surface area contributed by atoms with Crippen LogP contribution in [0.15, 0.2) is 24.3 Å². The van der Waals surface area contributed by atoms with Crippen LogP contribution in [0.4, 0.5) is 14.9 Å².